The number of benzene rings is 2. The van der Waals surface area contributed by atoms with E-state index in [1.54, 1.807) is 24.3 Å². The first kappa shape index (κ1) is 17.3. The fourth-order valence-electron chi connectivity index (χ4n) is 2.43. The van der Waals surface area contributed by atoms with Crippen molar-refractivity contribution in [2.75, 3.05) is 7.11 Å². The van der Waals surface area contributed by atoms with Gasteiger partial charge < -0.3 is 19.7 Å². The summed E-state index contributed by atoms with van der Waals surface area (Å²) in [6.45, 7) is 1.21. The van der Waals surface area contributed by atoms with Gasteiger partial charge in [-0.15, -0.1) is 0 Å². The van der Waals surface area contributed by atoms with Crippen LogP contribution in [0.15, 0.2) is 36.4 Å². The number of carboxylic acids is 1. The van der Waals surface area contributed by atoms with Crippen LogP contribution in [0.2, 0.25) is 0 Å². The fourth-order valence-corrected chi connectivity index (χ4v) is 2.43. The van der Waals surface area contributed by atoms with Crippen molar-refractivity contribution in [1.29, 1.82) is 0 Å². The van der Waals surface area contributed by atoms with Crippen molar-refractivity contribution >= 4 is 11.9 Å². The summed E-state index contributed by atoms with van der Waals surface area (Å²) in [4.78, 5) is 22.8. The van der Waals surface area contributed by atoms with Gasteiger partial charge in [0.25, 0.3) is 0 Å². The number of hydrogen-bond donors (Lipinski definition) is 2. The van der Waals surface area contributed by atoms with Gasteiger partial charge in [-0.25, -0.2) is 4.79 Å². The van der Waals surface area contributed by atoms with Crippen molar-refractivity contribution in [3.63, 3.8) is 0 Å². The Bertz CT molecular complexity index is 766. The van der Waals surface area contributed by atoms with Crippen molar-refractivity contribution in [3.05, 3.63) is 53.1 Å². The number of aromatic hydroxyl groups is 1. The van der Waals surface area contributed by atoms with Crippen LogP contribution in [0.25, 0.3) is 0 Å². The van der Waals surface area contributed by atoms with Crippen LogP contribution in [0.4, 0.5) is 0 Å². The van der Waals surface area contributed by atoms with Crippen LogP contribution >= 0.6 is 0 Å². The summed E-state index contributed by atoms with van der Waals surface area (Å²) in [6, 6.07) is 9.73. The van der Waals surface area contributed by atoms with Gasteiger partial charge in [-0.2, -0.15) is 0 Å². The molecule has 0 aliphatic carbocycles. The zero-order valence-electron chi connectivity index (χ0n) is 13.4. The molecule has 2 N–H and O–H groups in total. The molecule has 0 fully saturated rings. The minimum absolute atomic E-state index is 0.0414. The molecule has 6 heteroatoms. The molecule has 2 aromatic carbocycles. The lowest BCUT2D eigenvalue weighted by molar-refractivity contribution is -0.131. The highest BCUT2D eigenvalue weighted by atomic mass is 16.5. The molecule has 0 bridgehead atoms. The number of esters is 1. The molecule has 24 heavy (non-hydrogen) atoms. The number of carbonyl (C=O) groups excluding carboxylic acids is 1. The maximum absolute atomic E-state index is 11.6. The molecular formula is C18H18O6. The predicted molar refractivity (Wildman–Crippen MR) is 86.8 cm³/mol. The molecule has 0 amide bonds. The molecule has 6 nitrogen and oxygen atoms in total. The Labute approximate surface area is 139 Å². The van der Waals surface area contributed by atoms with Gasteiger partial charge in [-0.1, -0.05) is 12.1 Å². The van der Waals surface area contributed by atoms with Crippen molar-refractivity contribution < 1.29 is 29.3 Å². The maximum atomic E-state index is 11.6. The second-order valence-electron chi connectivity index (χ2n) is 5.23. The highest BCUT2D eigenvalue weighted by Gasteiger charge is 2.20. The lowest BCUT2D eigenvalue weighted by Gasteiger charge is -2.13. The van der Waals surface area contributed by atoms with E-state index >= 15 is 0 Å². The van der Waals surface area contributed by atoms with Gasteiger partial charge in [0.05, 0.1) is 7.11 Å². The van der Waals surface area contributed by atoms with Gasteiger partial charge in [0.15, 0.2) is 0 Å². The number of phenols is 1. The highest BCUT2D eigenvalue weighted by molar-refractivity contribution is 5.94. The number of aromatic carboxylic acids is 1. The summed E-state index contributed by atoms with van der Waals surface area (Å²) >= 11 is 0. The van der Waals surface area contributed by atoms with Crippen molar-refractivity contribution in [2.45, 2.75) is 19.8 Å². The fraction of sp³-hybridized carbons (Fsp3) is 0.222. The minimum Gasteiger partial charge on any atom is -0.508 e. The maximum Gasteiger partial charge on any atom is 0.339 e. The molecule has 0 unspecified atom stereocenters. The van der Waals surface area contributed by atoms with Gasteiger partial charge in [0.2, 0.25) is 0 Å². The van der Waals surface area contributed by atoms with Gasteiger partial charge in [-0.05, 0) is 42.2 Å². The topological polar surface area (TPSA) is 93.1 Å². The molecule has 2 rings (SSSR count). The van der Waals surface area contributed by atoms with E-state index in [9.17, 15) is 19.8 Å². The Morgan fingerprint density at radius 3 is 2.46 bits per heavy atom. The number of ether oxygens (including phenoxy) is 2. The smallest absolute Gasteiger partial charge is 0.339 e. The van der Waals surface area contributed by atoms with E-state index in [4.69, 9.17) is 9.47 Å². The SMILES string of the molecule is COc1cc(CCc2cccc(O)c2)c(C(=O)O)c(OC(C)=O)c1. The highest BCUT2D eigenvalue weighted by Crippen LogP contribution is 2.30. The predicted octanol–water partition coefficient (Wildman–Crippen LogP) is 2.81. The molecule has 0 radical (unpaired) electrons. The Kier molecular flexibility index (Phi) is 5.42. The van der Waals surface area contributed by atoms with Gasteiger partial charge >= 0.3 is 11.9 Å². The van der Waals surface area contributed by atoms with Crippen LogP contribution in [0, 0.1) is 0 Å². The Morgan fingerprint density at radius 2 is 1.88 bits per heavy atom. The monoisotopic (exact) mass is 330 g/mol. The number of phenolic OH excluding ortho intramolecular Hbond substituents is 1. The molecule has 0 aromatic heterocycles. The van der Waals surface area contributed by atoms with Crippen molar-refractivity contribution in [1.82, 2.24) is 0 Å². The van der Waals surface area contributed by atoms with Gasteiger partial charge in [0.1, 0.15) is 22.8 Å². The Morgan fingerprint density at radius 1 is 1.12 bits per heavy atom. The number of methoxy groups -OCH3 is 1. The third kappa shape index (κ3) is 4.25. The van der Waals surface area contributed by atoms with Crippen LogP contribution in [0.3, 0.4) is 0 Å². The normalized spacial score (nSPS) is 10.2. The molecular weight excluding hydrogens is 312 g/mol. The molecule has 0 aliphatic rings. The third-order valence-corrected chi connectivity index (χ3v) is 3.45. The van der Waals surface area contributed by atoms with Crippen LogP contribution < -0.4 is 9.47 Å². The lowest BCUT2D eigenvalue weighted by Crippen LogP contribution is -2.11. The van der Waals surface area contributed by atoms with E-state index in [1.165, 1.54) is 20.1 Å². The summed E-state index contributed by atoms with van der Waals surface area (Å²) < 4.78 is 10.2. The van der Waals surface area contributed by atoms with Gasteiger partial charge in [-0.3, -0.25) is 4.79 Å². The molecule has 0 aliphatic heterocycles. The number of carboxylic acid groups (broad SMARTS) is 1. The average molecular weight is 330 g/mol. The first-order valence-corrected chi connectivity index (χ1v) is 7.31. The Balaban J connectivity index is 2.38. The van der Waals surface area contributed by atoms with Gasteiger partial charge in [0, 0.05) is 13.0 Å². The largest absolute Gasteiger partial charge is 0.508 e. The van der Waals surface area contributed by atoms with E-state index in [0.717, 1.165) is 5.56 Å². The molecule has 0 atom stereocenters. The van der Waals surface area contributed by atoms with Crippen LogP contribution in [0.1, 0.15) is 28.4 Å². The molecule has 126 valence electrons. The second-order valence-corrected chi connectivity index (χ2v) is 5.23. The molecule has 2 aromatic rings. The standard InChI is InChI=1S/C18H18O6/c1-11(19)24-16-10-15(23-2)9-13(17(16)18(21)22)7-6-12-4-3-5-14(20)8-12/h3-5,8-10,20H,6-7H2,1-2H3,(H,21,22). The van der Waals surface area contributed by atoms with Crippen molar-refractivity contribution in [3.8, 4) is 17.2 Å². The third-order valence-electron chi connectivity index (χ3n) is 3.45. The first-order valence-electron chi connectivity index (χ1n) is 7.31. The molecule has 0 saturated heterocycles. The minimum atomic E-state index is -1.18. The van der Waals surface area contributed by atoms with E-state index in [1.807, 2.05) is 6.07 Å². The van der Waals surface area contributed by atoms with E-state index in [0.29, 0.717) is 24.2 Å². The number of hydrogen-bond acceptors (Lipinski definition) is 5. The summed E-state index contributed by atoms with van der Waals surface area (Å²) in [5.41, 5.74) is 1.29. The van der Waals surface area contributed by atoms with Crippen LogP contribution in [-0.4, -0.2) is 29.3 Å². The summed E-state index contributed by atoms with van der Waals surface area (Å²) in [5, 5.41) is 19.0. The summed E-state index contributed by atoms with van der Waals surface area (Å²) in [5.74, 6) is -1.27. The Hall–Kier alpha value is -3.02. The van der Waals surface area contributed by atoms with Crippen LogP contribution in [-0.2, 0) is 17.6 Å². The number of aryl methyl sites for hydroxylation is 2. The average Bonchev–Trinajstić information content (AvgIpc) is 2.51. The number of rotatable bonds is 6. The quantitative estimate of drug-likeness (QED) is 0.625. The van der Waals surface area contributed by atoms with E-state index < -0.39 is 11.9 Å². The van der Waals surface area contributed by atoms with E-state index in [2.05, 4.69) is 0 Å². The summed E-state index contributed by atoms with van der Waals surface area (Å²) in [6.07, 6.45) is 0.901. The van der Waals surface area contributed by atoms with E-state index in [-0.39, 0.29) is 17.1 Å². The number of carbonyl (C=O) groups is 2. The second kappa shape index (κ2) is 7.50. The molecule has 0 saturated carbocycles. The zero-order chi connectivity index (χ0) is 17.7. The molecule has 0 heterocycles. The molecule has 0 spiro atoms. The van der Waals surface area contributed by atoms with Crippen molar-refractivity contribution in [2.24, 2.45) is 0 Å². The van der Waals surface area contributed by atoms with Crippen LogP contribution in [0.5, 0.6) is 17.2 Å². The zero-order valence-corrected chi connectivity index (χ0v) is 13.4. The first-order chi connectivity index (χ1) is 11.4. The lowest BCUT2D eigenvalue weighted by atomic mass is 9.98. The summed E-state index contributed by atoms with van der Waals surface area (Å²) in [7, 11) is 1.45.